The van der Waals surface area contributed by atoms with Crippen LogP contribution in [0.5, 0.6) is 5.75 Å². The van der Waals surface area contributed by atoms with Gasteiger partial charge in [0.1, 0.15) is 12.4 Å². The predicted octanol–water partition coefficient (Wildman–Crippen LogP) is 5.97. The molecule has 4 aromatic rings. The van der Waals surface area contributed by atoms with Crippen molar-refractivity contribution in [1.29, 1.82) is 0 Å². The number of rotatable bonds is 8. The van der Waals surface area contributed by atoms with Crippen LogP contribution in [-0.4, -0.2) is 40.2 Å². The Kier molecular flexibility index (Phi) is 7.79. The third-order valence-electron chi connectivity index (χ3n) is 6.44. The lowest BCUT2D eigenvalue weighted by atomic mass is 10.2. The van der Waals surface area contributed by atoms with E-state index in [9.17, 15) is 4.79 Å². The van der Waals surface area contributed by atoms with Gasteiger partial charge in [-0.2, -0.15) is 5.10 Å². The van der Waals surface area contributed by atoms with Gasteiger partial charge in [-0.25, -0.2) is 0 Å². The van der Waals surface area contributed by atoms with Gasteiger partial charge in [0.15, 0.2) is 5.82 Å². The molecule has 5 rings (SSSR count). The summed E-state index contributed by atoms with van der Waals surface area (Å²) in [4.78, 5) is 16.9. The van der Waals surface area contributed by atoms with Crippen molar-refractivity contribution in [2.75, 3.05) is 24.5 Å². The number of halogens is 2. The molecule has 190 valence electrons. The molecule has 2 heterocycles. The Morgan fingerprint density at radius 1 is 0.865 bits per heavy atom. The van der Waals surface area contributed by atoms with Gasteiger partial charge in [0.05, 0.1) is 13.1 Å². The van der Waals surface area contributed by atoms with Crippen molar-refractivity contribution in [3.8, 4) is 5.75 Å². The largest absolute Gasteiger partial charge is 0.489 e. The van der Waals surface area contributed by atoms with Crippen LogP contribution in [0.1, 0.15) is 22.4 Å². The number of anilines is 1. The Hall–Kier alpha value is -3.32. The van der Waals surface area contributed by atoms with Crippen molar-refractivity contribution in [2.45, 2.75) is 26.6 Å². The molecule has 6 nitrogen and oxygen atoms in total. The minimum Gasteiger partial charge on any atom is -0.489 e. The van der Waals surface area contributed by atoms with Crippen LogP contribution < -0.4 is 9.64 Å². The lowest BCUT2D eigenvalue weighted by Gasteiger charge is -2.33. The summed E-state index contributed by atoms with van der Waals surface area (Å²) in [6.07, 6.45) is 0. The fourth-order valence-corrected chi connectivity index (χ4v) is 4.76. The van der Waals surface area contributed by atoms with Crippen molar-refractivity contribution >= 4 is 34.9 Å². The number of hydrogen-bond acceptors (Lipinski definition) is 4. The number of amides is 1. The fourth-order valence-electron chi connectivity index (χ4n) is 4.44. The average Bonchev–Trinajstić information content (AvgIpc) is 3.25. The summed E-state index contributed by atoms with van der Waals surface area (Å²) in [6, 6.07) is 25.4. The van der Waals surface area contributed by atoms with Crippen LogP contribution in [0.15, 0.2) is 78.9 Å². The molecule has 1 aromatic heterocycles. The SMILES string of the molecule is Cc1cc(N2CCN(Cc3ccc(Cl)cc3)CC2=O)nn1Cc1cc(Cl)ccc1OCc1ccccc1. The third kappa shape index (κ3) is 6.34. The molecule has 1 aliphatic heterocycles. The molecule has 0 aliphatic carbocycles. The second kappa shape index (κ2) is 11.4. The van der Waals surface area contributed by atoms with Gasteiger partial charge in [-0.1, -0.05) is 65.7 Å². The van der Waals surface area contributed by atoms with Crippen molar-refractivity contribution in [1.82, 2.24) is 14.7 Å². The van der Waals surface area contributed by atoms with E-state index in [-0.39, 0.29) is 5.91 Å². The van der Waals surface area contributed by atoms with Crippen LogP contribution >= 0.6 is 23.2 Å². The minimum atomic E-state index is 0.0412. The summed E-state index contributed by atoms with van der Waals surface area (Å²) in [5.41, 5.74) is 4.12. The fraction of sp³-hybridized carbons (Fsp3) is 0.241. The number of carbonyl (C=O) groups is 1. The van der Waals surface area contributed by atoms with E-state index in [1.165, 1.54) is 0 Å². The lowest BCUT2D eigenvalue weighted by molar-refractivity contribution is -0.121. The number of aryl methyl sites for hydroxylation is 1. The molecule has 0 spiro atoms. The van der Waals surface area contributed by atoms with Gasteiger partial charge in [-0.05, 0) is 48.4 Å². The summed E-state index contributed by atoms with van der Waals surface area (Å²) in [6.45, 7) is 5.37. The zero-order chi connectivity index (χ0) is 25.8. The van der Waals surface area contributed by atoms with Crippen LogP contribution in [0.25, 0.3) is 0 Å². The zero-order valence-electron chi connectivity index (χ0n) is 20.6. The van der Waals surface area contributed by atoms with E-state index in [1.54, 1.807) is 4.90 Å². The predicted molar refractivity (Wildman–Crippen MR) is 147 cm³/mol. The monoisotopic (exact) mass is 534 g/mol. The Morgan fingerprint density at radius 2 is 1.62 bits per heavy atom. The summed E-state index contributed by atoms with van der Waals surface area (Å²) >= 11 is 12.3. The number of ether oxygens (including phenoxy) is 1. The molecule has 8 heteroatoms. The molecule has 0 radical (unpaired) electrons. The molecule has 37 heavy (non-hydrogen) atoms. The first kappa shape index (κ1) is 25.3. The maximum Gasteiger partial charge on any atom is 0.242 e. The van der Waals surface area contributed by atoms with Gasteiger partial charge in [0.25, 0.3) is 0 Å². The molecule has 0 bridgehead atoms. The van der Waals surface area contributed by atoms with Crippen LogP contribution in [0.4, 0.5) is 5.82 Å². The smallest absolute Gasteiger partial charge is 0.242 e. The molecule has 3 aromatic carbocycles. The Balaban J connectivity index is 1.26. The van der Waals surface area contributed by atoms with Crippen LogP contribution in [0.2, 0.25) is 10.0 Å². The van der Waals surface area contributed by atoms with E-state index in [4.69, 9.17) is 33.0 Å². The number of nitrogens with zero attached hydrogens (tertiary/aromatic N) is 4. The maximum atomic E-state index is 13.0. The normalized spacial score (nSPS) is 14.2. The first-order valence-electron chi connectivity index (χ1n) is 12.2. The zero-order valence-corrected chi connectivity index (χ0v) is 22.1. The van der Waals surface area contributed by atoms with Gasteiger partial charge in [0.2, 0.25) is 5.91 Å². The molecule has 1 saturated heterocycles. The van der Waals surface area contributed by atoms with Crippen molar-refractivity contribution < 1.29 is 9.53 Å². The Bertz CT molecular complexity index is 1370. The molecular weight excluding hydrogens is 507 g/mol. The molecule has 0 saturated carbocycles. The molecule has 0 N–H and O–H groups in total. The van der Waals surface area contributed by atoms with Gasteiger partial charge >= 0.3 is 0 Å². The average molecular weight is 535 g/mol. The maximum absolute atomic E-state index is 13.0. The lowest BCUT2D eigenvalue weighted by Crippen LogP contribution is -2.50. The molecular formula is C29H28Cl2N4O2. The van der Waals surface area contributed by atoms with Crippen LogP contribution in [0, 0.1) is 6.92 Å². The first-order chi connectivity index (χ1) is 17.9. The van der Waals surface area contributed by atoms with Crippen molar-refractivity contribution in [2.24, 2.45) is 0 Å². The van der Waals surface area contributed by atoms with Crippen LogP contribution in [-0.2, 0) is 24.5 Å². The number of benzene rings is 3. The second-order valence-corrected chi connectivity index (χ2v) is 10.1. The summed E-state index contributed by atoms with van der Waals surface area (Å²) < 4.78 is 8.01. The van der Waals surface area contributed by atoms with Gasteiger partial charge in [-0.15, -0.1) is 0 Å². The second-order valence-electron chi connectivity index (χ2n) is 9.21. The highest BCUT2D eigenvalue weighted by Crippen LogP contribution is 2.26. The Morgan fingerprint density at radius 3 is 2.38 bits per heavy atom. The van der Waals surface area contributed by atoms with Crippen molar-refractivity contribution in [3.63, 3.8) is 0 Å². The third-order valence-corrected chi connectivity index (χ3v) is 6.93. The van der Waals surface area contributed by atoms with E-state index in [2.05, 4.69) is 4.90 Å². The molecule has 0 unspecified atom stereocenters. The number of piperazine rings is 1. The van der Waals surface area contributed by atoms with Crippen LogP contribution in [0.3, 0.4) is 0 Å². The quantitative estimate of drug-likeness (QED) is 0.279. The highest BCUT2D eigenvalue weighted by Gasteiger charge is 2.27. The highest BCUT2D eigenvalue weighted by atomic mass is 35.5. The summed E-state index contributed by atoms with van der Waals surface area (Å²) in [5.74, 6) is 1.47. The van der Waals surface area contributed by atoms with E-state index < -0.39 is 0 Å². The van der Waals surface area contributed by atoms with Gasteiger partial charge in [-0.3, -0.25) is 19.3 Å². The number of hydrogen-bond donors (Lipinski definition) is 0. The highest BCUT2D eigenvalue weighted by molar-refractivity contribution is 6.30. The number of aromatic nitrogens is 2. The van der Waals surface area contributed by atoms with Crippen molar-refractivity contribution in [3.05, 3.63) is 111 Å². The standard InChI is InChI=1S/C29H28Cl2N4O2/c1-21-15-28(34-14-13-33(19-29(34)36)17-22-7-9-25(30)10-8-22)32-35(21)18-24-16-26(31)11-12-27(24)37-20-23-5-3-2-4-6-23/h2-12,15-16H,13-14,17-20H2,1H3. The first-order valence-corrected chi connectivity index (χ1v) is 13.0. The van der Waals surface area contributed by atoms with Gasteiger partial charge in [0, 0.05) is 47.0 Å². The molecule has 1 fully saturated rings. The van der Waals surface area contributed by atoms with E-state index in [0.29, 0.717) is 48.6 Å². The molecule has 1 aliphatic rings. The summed E-state index contributed by atoms with van der Waals surface area (Å²) in [7, 11) is 0. The van der Waals surface area contributed by atoms with E-state index >= 15 is 0 Å². The van der Waals surface area contributed by atoms with E-state index in [1.807, 2.05) is 90.5 Å². The Labute approximate surface area is 227 Å². The van der Waals surface area contributed by atoms with E-state index in [0.717, 1.165) is 34.7 Å². The topological polar surface area (TPSA) is 50.6 Å². The number of carbonyl (C=O) groups excluding carboxylic acids is 1. The molecule has 1 amide bonds. The van der Waals surface area contributed by atoms with Gasteiger partial charge < -0.3 is 4.74 Å². The molecule has 0 atom stereocenters. The minimum absolute atomic E-state index is 0.0412. The summed E-state index contributed by atoms with van der Waals surface area (Å²) in [5, 5.41) is 6.13.